The van der Waals surface area contributed by atoms with Crippen molar-refractivity contribution in [3.05, 3.63) is 70.8 Å². The van der Waals surface area contributed by atoms with E-state index >= 15 is 0 Å². The van der Waals surface area contributed by atoms with Crippen molar-refractivity contribution in [3.8, 4) is 0 Å². The lowest BCUT2D eigenvalue weighted by Crippen LogP contribution is -2.51. The van der Waals surface area contributed by atoms with Crippen LogP contribution in [0.4, 0.5) is 0 Å². The van der Waals surface area contributed by atoms with Crippen LogP contribution in [-0.4, -0.2) is 47.2 Å². The largest absolute Gasteiger partial charge is 0.478 e. The summed E-state index contributed by atoms with van der Waals surface area (Å²) in [5.74, 6) is -4.39. The third-order valence-electron chi connectivity index (χ3n) is 4.25. The van der Waals surface area contributed by atoms with Crippen molar-refractivity contribution in [2.24, 2.45) is 0 Å². The number of aliphatic carboxylic acids is 1. The van der Waals surface area contributed by atoms with Gasteiger partial charge in [-0.2, -0.15) is 0 Å². The number of amides is 1. The van der Waals surface area contributed by atoms with Gasteiger partial charge in [0.25, 0.3) is 5.91 Å². The minimum atomic E-state index is -2.04. The van der Waals surface area contributed by atoms with E-state index < -0.39 is 36.0 Å². The fraction of sp³-hybridized carbons (Fsp3) is 0.304. The summed E-state index contributed by atoms with van der Waals surface area (Å²) in [6, 6.07) is 12.2. The lowest BCUT2D eigenvalue weighted by Gasteiger charge is -2.24. The second-order valence-corrected chi connectivity index (χ2v) is 7.39. The van der Waals surface area contributed by atoms with E-state index in [0.29, 0.717) is 0 Å². The zero-order valence-electron chi connectivity index (χ0n) is 17.7. The number of aryl methyl sites for hydroxylation is 2. The van der Waals surface area contributed by atoms with Gasteiger partial charge in [0.15, 0.2) is 0 Å². The van der Waals surface area contributed by atoms with E-state index in [4.69, 9.17) is 9.47 Å². The molecule has 0 saturated heterocycles. The maximum Gasteiger partial charge on any atom is 0.349 e. The molecule has 0 spiro atoms. The lowest BCUT2D eigenvalue weighted by molar-refractivity contribution is -0.159. The molecule has 31 heavy (non-hydrogen) atoms. The first-order valence-electron chi connectivity index (χ1n) is 9.67. The summed E-state index contributed by atoms with van der Waals surface area (Å²) in [4.78, 5) is 49.5. The number of ether oxygens (including phenoxy) is 2. The Morgan fingerprint density at radius 1 is 0.742 bits per heavy atom. The van der Waals surface area contributed by atoms with Gasteiger partial charge in [0.05, 0.1) is 11.1 Å². The summed E-state index contributed by atoms with van der Waals surface area (Å²) in [5.41, 5.74) is 2.03. The Hall–Kier alpha value is -3.68. The SMILES string of the molecule is Cc1ccc(C(=O)O[C@H](C(=O)O)[C@H](OC(=O)c2ccc(C)cc2)C(=O)NC(C)C)cc1. The summed E-state index contributed by atoms with van der Waals surface area (Å²) < 4.78 is 10.3. The molecule has 2 aromatic rings. The normalized spacial score (nSPS) is 12.5. The molecule has 2 atom stereocenters. The van der Waals surface area contributed by atoms with Crippen molar-refractivity contribution in [3.63, 3.8) is 0 Å². The quantitative estimate of drug-likeness (QED) is 0.622. The number of carbonyl (C=O) groups is 4. The van der Waals surface area contributed by atoms with Gasteiger partial charge in [0.2, 0.25) is 12.2 Å². The van der Waals surface area contributed by atoms with E-state index in [9.17, 15) is 24.3 Å². The molecule has 8 heteroatoms. The third-order valence-corrected chi connectivity index (χ3v) is 4.25. The molecule has 0 fully saturated rings. The number of carbonyl (C=O) groups excluding carboxylic acids is 3. The summed E-state index contributed by atoms with van der Waals surface area (Å²) in [6.45, 7) is 6.97. The molecule has 0 unspecified atom stereocenters. The van der Waals surface area contributed by atoms with Crippen LogP contribution in [0.3, 0.4) is 0 Å². The van der Waals surface area contributed by atoms with Crippen LogP contribution in [0, 0.1) is 13.8 Å². The Labute approximate surface area is 180 Å². The van der Waals surface area contributed by atoms with Crippen LogP contribution in [0.2, 0.25) is 0 Å². The molecule has 2 rings (SSSR count). The highest BCUT2D eigenvalue weighted by atomic mass is 16.6. The molecule has 0 saturated carbocycles. The van der Waals surface area contributed by atoms with E-state index in [1.807, 2.05) is 13.8 Å². The van der Waals surface area contributed by atoms with E-state index in [2.05, 4.69) is 5.32 Å². The molecule has 0 aliphatic heterocycles. The van der Waals surface area contributed by atoms with E-state index in [-0.39, 0.29) is 17.2 Å². The van der Waals surface area contributed by atoms with Crippen LogP contribution in [-0.2, 0) is 19.1 Å². The van der Waals surface area contributed by atoms with Crippen LogP contribution < -0.4 is 5.32 Å². The Balaban J connectivity index is 2.30. The van der Waals surface area contributed by atoms with Crippen LogP contribution >= 0.6 is 0 Å². The first-order chi connectivity index (χ1) is 14.6. The fourth-order valence-corrected chi connectivity index (χ4v) is 2.61. The van der Waals surface area contributed by atoms with Crippen molar-refractivity contribution in [2.45, 2.75) is 45.9 Å². The number of esters is 2. The fourth-order valence-electron chi connectivity index (χ4n) is 2.61. The number of nitrogens with one attached hydrogen (secondary N) is 1. The summed E-state index contributed by atoms with van der Waals surface area (Å²) in [5, 5.41) is 12.1. The number of hydrogen-bond donors (Lipinski definition) is 2. The molecular weight excluding hydrogens is 402 g/mol. The molecule has 0 aliphatic rings. The van der Waals surface area contributed by atoms with E-state index in [1.54, 1.807) is 38.1 Å². The van der Waals surface area contributed by atoms with Gasteiger partial charge < -0.3 is 19.9 Å². The van der Waals surface area contributed by atoms with Crippen molar-refractivity contribution in [1.29, 1.82) is 0 Å². The maximum absolute atomic E-state index is 12.6. The summed E-state index contributed by atoms with van der Waals surface area (Å²) in [7, 11) is 0. The van der Waals surface area contributed by atoms with Gasteiger partial charge in [-0.1, -0.05) is 35.4 Å². The second kappa shape index (κ2) is 10.4. The van der Waals surface area contributed by atoms with Crippen LogP contribution in [0.25, 0.3) is 0 Å². The molecule has 0 heterocycles. The summed E-state index contributed by atoms with van der Waals surface area (Å²) in [6.07, 6.45) is -3.93. The number of carboxylic acids is 1. The van der Waals surface area contributed by atoms with Crippen molar-refractivity contribution >= 4 is 23.8 Å². The molecule has 0 aliphatic carbocycles. The molecule has 0 bridgehead atoms. The van der Waals surface area contributed by atoms with Gasteiger partial charge >= 0.3 is 17.9 Å². The van der Waals surface area contributed by atoms with Gasteiger partial charge in [0.1, 0.15) is 0 Å². The second-order valence-electron chi connectivity index (χ2n) is 7.39. The smallest absolute Gasteiger partial charge is 0.349 e. The predicted molar refractivity (Wildman–Crippen MR) is 112 cm³/mol. The van der Waals surface area contributed by atoms with E-state index in [1.165, 1.54) is 24.3 Å². The Morgan fingerprint density at radius 3 is 1.48 bits per heavy atom. The monoisotopic (exact) mass is 427 g/mol. The molecule has 0 radical (unpaired) electrons. The van der Waals surface area contributed by atoms with Crippen molar-refractivity contribution in [1.82, 2.24) is 5.32 Å². The number of benzene rings is 2. The predicted octanol–water partition coefficient (Wildman–Crippen LogP) is 2.66. The summed E-state index contributed by atoms with van der Waals surface area (Å²) >= 11 is 0. The third kappa shape index (κ3) is 6.67. The molecule has 8 nitrogen and oxygen atoms in total. The van der Waals surface area contributed by atoms with Crippen LogP contribution in [0.5, 0.6) is 0 Å². The maximum atomic E-state index is 12.6. The Bertz CT molecular complexity index is 949. The average molecular weight is 427 g/mol. The molecule has 164 valence electrons. The first kappa shape index (κ1) is 23.6. The van der Waals surface area contributed by atoms with Crippen molar-refractivity contribution < 1.29 is 33.8 Å². The topological polar surface area (TPSA) is 119 Å². The van der Waals surface area contributed by atoms with Gasteiger partial charge in [-0.25, -0.2) is 14.4 Å². The van der Waals surface area contributed by atoms with Gasteiger partial charge in [-0.05, 0) is 52.0 Å². The highest BCUT2D eigenvalue weighted by molar-refractivity contribution is 5.96. The molecule has 0 aromatic heterocycles. The minimum Gasteiger partial charge on any atom is -0.478 e. The zero-order valence-corrected chi connectivity index (χ0v) is 17.7. The Morgan fingerprint density at radius 2 is 1.13 bits per heavy atom. The molecular formula is C23H25NO7. The molecule has 2 aromatic carbocycles. The average Bonchev–Trinajstić information content (AvgIpc) is 2.70. The van der Waals surface area contributed by atoms with Gasteiger partial charge in [0, 0.05) is 6.04 Å². The van der Waals surface area contributed by atoms with Crippen molar-refractivity contribution in [2.75, 3.05) is 0 Å². The number of rotatable bonds is 8. The highest BCUT2D eigenvalue weighted by Gasteiger charge is 2.41. The van der Waals surface area contributed by atoms with E-state index in [0.717, 1.165) is 11.1 Å². The van der Waals surface area contributed by atoms with Crippen LogP contribution in [0.1, 0.15) is 45.7 Å². The highest BCUT2D eigenvalue weighted by Crippen LogP contribution is 2.14. The standard InChI is InChI=1S/C23H25NO7/c1-13(2)24-20(25)18(30-22(28)16-9-5-14(3)6-10-16)19(21(26)27)31-23(29)17-11-7-15(4)8-12-17/h5-13,18-19H,1-4H3,(H,24,25)(H,26,27)/t18-,19-/m0/s1. The minimum absolute atomic E-state index is 0.102. The molecule has 1 amide bonds. The number of carboxylic acid groups (broad SMARTS) is 1. The van der Waals surface area contributed by atoms with Gasteiger partial charge in [-0.15, -0.1) is 0 Å². The Kier molecular flexibility index (Phi) is 7.90. The number of hydrogen-bond acceptors (Lipinski definition) is 6. The molecule has 2 N–H and O–H groups in total. The van der Waals surface area contributed by atoms with Crippen LogP contribution in [0.15, 0.2) is 48.5 Å². The zero-order chi connectivity index (χ0) is 23.1. The lowest BCUT2D eigenvalue weighted by atomic mass is 10.1. The first-order valence-corrected chi connectivity index (χ1v) is 9.67. The van der Waals surface area contributed by atoms with Gasteiger partial charge in [-0.3, -0.25) is 4.79 Å².